The molecule has 1 rings (SSSR count). The Balaban J connectivity index is 2.74. The van der Waals surface area contributed by atoms with Crippen LogP contribution >= 0.6 is 0 Å². The molecule has 0 aliphatic heterocycles. The lowest BCUT2D eigenvalue weighted by Crippen LogP contribution is -2.10. The summed E-state index contributed by atoms with van der Waals surface area (Å²) in [6, 6.07) is 0. The van der Waals surface area contributed by atoms with Gasteiger partial charge >= 0.3 is 0 Å². The minimum absolute atomic E-state index is 0.237. The van der Waals surface area contributed by atoms with E-state index in [0.717, 1.165) is 0 Å². The third-order valence-corrected chi connectivity index (χ3v) is 1.80. The van der Waals surface area contributed by atoms with Gasteiger partial charge < -0.3 is 5.73 Å². The molecule has 13 heavy (non-hydrogen) atoms. The van der Waals surface area contributed by atoms with Gasteiger partial charge in [0, 0.05) is 12.1 Å². The maximum absolute atomic E-state index is 13.4. The second-order valence-electron chi connectivity index (χ2n) is 3.58. The van der Waals surface area contributed by atoms with Crippen molar-refractivity contribution in [3.05, 3.63) is 17.7 Å². The van der Waals surface area contributed by atoms with Crippen LogP contribution in [0.2, 0.25) is 0 Å². The topological polar surface area (TPSA) is 43.8 Å². The van der Waals surface area contributed by atoms with Crippen molar-refractivity contribution < 1.29 is 4.39 Å². The van der Waals surface area contributed by atoms with Gasteiger partial charge in [0.1, 0.15) is 0 Å². The first-order valence-electron chi connectivity index (χ1n) is 4.55. The summed E-state index contributed by atoms with van der Waals surface area (Å²) in [6.07, 6.45) is 2.12. The predicted octanol–water partition coefficient (Wildman–Crippen LogP) is 1.18. The molecule has 0 amide bonds. The predicted molar refractivity (Wildman–Crippen MR) is 49.8 cm³/mol. The normalized spacial score (nSPS) is 11.2. The Hall–Kier alpha value is -0.900. The number of halogens is 1. The zero-order valence-electron chi connectivity index (χ0n) is 8.13. The summed E-state index contributed by atoms with van der Waals surface area (Å²) >= 11 is 0. The van der Waals surface area contributed by atoms with E-state index < -0.39 is 0 Å². The molecule has 1 aromatic heterocycles. The summed E-state index contributed by atoms with van der Waals surface area (Å²) in [5, 5.41) is 3.96. The van der Waals surface area contributed by atoms with Crippen LogP contribution in [0.25, 0.3) is 0 Å². The number of nitrogens with zero attached hydrogens (tertiary/aromatic N) is 2. The van der Waals surface area contributed by atoms with E-state index in [2.05, 4.69) is 5.10 Å². The molecule has 0 bridgehead atoms. The lowest BCUT2D eigenvalue weighted by atomic mass is 10.2. The standard InChI is InChI=1S/C9H16FN3/c1-7(2)6-13-9(10)8(3-4-11)5-12-13/h5,7H,3-4,6,11H2,1-2H3. The molecule has 0 saturated carbocycles. The Morgan fingerprint density at radius 2 is 2.31 bits per heavy atom. The monoisotopic (exact) mass is 185 g/mol. The highest BCUT2D eigenvalue weighted by atomic mass is 19.1. The van der Waals surface area contributed by atoms with Crippen LogP contribution in [-0.4, -0.2) is 16.3 Å². The molecular weight excluding hydrogens is 169 g/mol. The summed E-state index contributed by atoms with van der Waals surface area (Å²) in [7, 11) is 0. The SMILES string of the molecule is CC(C)Cn1ncc(CCN)c1F. The Labute approximate surface area is 77.7 Å². The van der Waals surface area contributed by atoms with E-state index in [1.165, 1.54) is 4.68 Å². The average molecular weight is 185 g/mol. The first kappa shape index (κ1) is 10.2. The lowest BCUT2D eigenvalue weighted by molar-refractivity contribution is 0.399. The molecule has 0 aromatic carbocycles. The molecule has 0 aliphatic rings. The fraction of sp³-hybridized carbons (Fsp3) is 0.667. The molecule has 74 valence electrons. The first-order valence-corrected chi connectivity index (χ1v) is 4.55. The highest BCUT2D eigenvalue weighted by molar-refractivity contribution is 5.07. The first-order chi connectivity index (χ1) is 6.15. The minimum Gasteiger partial charge on any atom is -0.330 e. The van der Waals surface area contributed by atoms with Crippen LogP contribution in [0.3, 0.4) is 0 Å². The molecule has 1 heterocycles. The third-order valence-electron chi connectivity index (χ3n) is 1.80. The van der Waals surface area contributed by atoms with Crippen molar-refractivity contribution in [3.63, 3.8) is 0 Å². The molecule has 2 N–H and O–H groups in total. The van der Waals surface area contributed by atoms with Gasteiger partial charge in [-0.2, -0.15) is 9.49 Å². The maximum atomic E-state index is 13.4. The fourth-order valence-corrected chi connectivity index (χ4v) is 1.21. The maximum Gasteiger partial charge on any atom is 0.214 e. The van der Waals surface area contributed by atoms with E-state index in [0.29, 0.717) is 31.0 Å². The Morgan fingerprint density at radius 1 is 1.62 bits per heavy atom. The highest BCUT2D eigenvalue weighted by Crippen LogP contribution is 2.08. The van der Waals surface area contributed by atoms with E-state index in [4.69, 9.17) is 5.73 Å². The molecule has 0 unspecified atom stereocenters. The lowest BCUT2D eigenvalue weighted by Gasteiger charge is -2.05. The van der Waals surface area contributed by atoms with Crippen LogP contribution in [0.15, 0.2) is 6.20 Å². The summed E-state index contributed by atoms with van der Waals surface area (Å²) in [5.74, 6) is 0.166. The minimum atomic E-state index is -0.237. The van der Waals surface area contributed by atoms with Crippen LogP contribution in [0.4, 0.5) is 4.39 Å². The third kappa shape index (κ3) is 2.52. The van der Waals surface area contributed by atoms with Crippen molar-refractivity contribution in [3.8, 4) is 0 Å². The van der Waals surface area contributed by atoms with Crippen molar-refractivity contribution in [2.24, 2.45) is 11.7 Å². The summed E-state index contributed by atoms with van der Waals surface area (Å²) in [4.78, 5) is 0. The highest BCUT2D eigenvalue weighted by Gasteiger charge is 2.09. The molecule has 0 spiro atoms. The largest absolute Gasteiger partial charge is 0.330 e. The Bertz CT molecular complexity index is 268. The summed E-state index contributed by atoms with van der Waals surface area (Å²) in [5.41, 5.74) is 5.95. The van der Waals surface area contributed by atoms with Gasteiger partial charge in [-0.15, -0.1) is 0 Å². The van der Waals surface area contributed by atoms with Crippen LogP contribution in [0, 0.1) is 11.9 Å². The average Bonchev–Trinajstić information content (AvgIpc) is 2.36. The van der Waals surface area contributed by atoms with Crippen molar-refractivity contribution in [2.75, 3.05) is 6.54 Å². The van der Waals surface area contributed by atoms with Gasteiger partial charge in [-0.05, 0) is 18.9 Å². The number of nitrogens with two attached hydrogens (primary N) is 1. The molecule has 0 atom stereocenters. The smallest absolute Gasteiger partial charge is 0.214 e. The van der Waals surface area contributed by atoms with Crippen LogP contribution in [-0.2, 0) is 13.0 Å². The molecule has 0 radical (unpaired) electrons. The van der Waals surface area contributed by atoms with Crippen molar-refractivity contribution >= 4 is 0 Å². The summed E-state index contributed by atoms with van der Waals surface area (Å²) < 4.78 is 14.8. The summed E-state index contributed by atoms with van der Waals surface area (Å²) in [6.45, 7) is 5.15. The quantitative estimate of drug-likeness (QED) is 0.765. The van der Waals surface area contributed by atoms with Crippen molar-refractivity contribution in [2.45, 2.75) is 26.8 Å². The molecule has 0 saturated heterocycles. The van der Waals surface area contributed by atoms with Gasteiger partial charge in [0.15, 0.2) is 0 Å². The molecule has 3 nitrogen and oxygen atoms in total. The van der Waals surface area contributed by atoms with Crippen molar-refractivity contribution in [1.29, 1.82) is 0 Å². The second kappa shape index (κ2) is 4.37. The van der Waals surface area contributed by atoms with E-state index in [-0.39, 0.29) is 5.95 Å². The Kier molecular flexibility index (Phi) is 3.42. The molecule has 1 aromatic rings. The van der Waals surface area contributed by atoms with Crippen LogP contribution in [0.5, 0.6) is 0 Å². The number of rotatable bonds is 4. The molecule has 0 fully saturated rings. The number of aromatic nitrogens is 2. The van der Waals surface area contributed by atoms with Gasteiger partial charge in [0.2, 0.25) is 5.95 Å². The van der Waals surface area contributed by atoms with E-state index in [9.17, 15) is 4.39 Å². The fourth-order valence-electron chi connectivity index (χ4n) is 1.21. The molecule has 0 aliphatic carbocycles. The second-order valence-corrected chi connectivity index (χ2v) is 3.58. The van der Waals surface area contributed by atoms with E-state index in [1.807, 2.05) is 13.8 Å². The zero-order valence-corrected chi connectivity index (χ0v) is 8.13. The van der Waals surface area contributed by atoms with E-state index >= 15 is 0 Å². The van der Waals surface area contributed by atoms with Gasteiger partial charge in [-0.3, -0.25) is 0 Å². The van der Waals surface area contributed by atoms with Crippen LogP contribution < -0.4 is 5.73 Å². The van der Waals surface area contributed by atoms with Crippen LogP contribution in [0.1, 0.15) is 19.4 Å². The van der Waals surface area contributed by atoms with Gasteiger partial charge in [0.25, 0.3) is 0 Å². The van der Waals surface area contributed by atoms with E-state index in [1.54, 1.807) is 6.20 Å². The number of hydrogen-bond acceptors (Lipinski definition) is 2. The van der Waals surface area contributed by atoms with Gasteiger partial charge in [0.05, 0.1) is 6.20 Å². The molecule has 4 heteroatoms. The Morgan fingerprint density at radius 3 is 2.85 bits per heavy atom. The number of hydrogen-bond donors (Lipinski definition) is 1. The van der Waals surface area contributed by atoms with Crippen molar-refractivity contribution in [1.82, 2.24) is 9.78 Å². The molecular formula is C9H16FN3. The zero-order chi connectivity index (χ0) is 9.84. The van der Waals surface area contributed by atoms with Gasteiger partial charge in [-0.25, -0.2) is 4.68 Å². The van der Waals surface area contributed by atoms with Gasteiger partial charge in [-0.1, -0.05) is 13.8 Å².